The zero-order valence-electron chi connectivity index (χ0n) is 16.3. The molecule has 1 amide bonds. The molecule has 2 aromatic rings. The van der Waals surface area contributed by atoms with Crippen LogP contribution in [0.1, 0.15) is 12.0 Å². The lowest BCUT2D eigenvalue weighted by atomic mass is 10.2. The molecule has 0 spiro atoms. The fourth-order valence-corrected chi connectivity index (χ4v) is 4.43. The number of benzene rings is 1. The standard InChI is InChI=1S/C19H20ClF3N4O3S/c20-15-2-1-3-16(12-15)31(29,30)25-7-6-18(28)27-10-8-26(9-11-27)17-5-4-14(13-24-17)19(21,22)23/h1-5,12-13,25H,6-11H2. The largest absolute Gasteiger partial charge is 0.417 e. The number of alkyl halides is 3. The molecule has 1 saturated heterocycles. The summed E-state index contributed by atoms with van der Waals surface area (Å²) in [6, 6.07) is 8.10. The van der Waals surface area contributed by atoms with E-state index in [4.69, 9.17) is 11.6 Å². The van der Waals surface area contributed by atoms with Crippen LogP contribution in [-0.2, 0) is 21.0 Å². The molecule has 1 aliphatic rings. The van der Waals surface area contributed by atoms with E-state index in [0.29, 0.717) is 37.0 Å². The van der Waals surface area contributed by atoms with E-state index in [1.165, 1.54) is 24.3 Å². The Morgan fingerprint density at radius 1 is 1.13 bits per heavy atom. The Bertz CT molecular complexity index is 1020. The molecule has 12 heteroatoms. The Hall–Kier alpha value is -2.37. The molecule has 0 radical (unpaired) electrons. The van der Waals surface area contributed by atoms with Crippen molar-refractivity contribution in [2.24, 2.45) is 0 Å². The summed E-state index contributed by atoms with van der Waals surface area (Å²) < 4.78 is 64.8. The van der Waals surface area contributed by atoms with Crippen LogP contribution in [-0.4, -0.2) is 56.9 Å². The summed E-state index contributed by atoms with van der Waals surface area (Å²) in [4.78, 5) is 19.7. The Morgan fingerprint density at radius 3 is 2.42 bits per heavy atom. The lowest BCUT2D eigenvalue weighted by Crippen LogP contribution is -2.49. The molecule has 0 unspecified atom stereocenters. The Labute approximate surface area is 182 Å². The number of halogens is 4. The van der Waals surface area contributed by atoms with Crippen molar-refractivity contribution in [1.29, 1.82) is 0 Å². The number of hydrogen-bond acceptors (Lipinski definition) is 5. The number of aromatic nitrogens is 1. The number of sulfonamides is 1. The summed E-state index contributed by atoms with van der Waals surface area (Å²) in [6.07, 6.45) is -3.66. The lowest BCUT2D eigenvalue weighted by Gasteiger charge is -2.35. The van der Waals surface area contributed by atoms with Crippen LogP contribution in [0.5, 0.6) is 0 Å². The Kier molecular flexibility index (Phi) is 7.07. The summed E-state index contributed by atoms with van der Waals surface area (Å²) in [5.74, 6) is 0.197. The average Bonchev–Trinajstić information content (AvgIpc) is 2.73. The smallest absolute Gasteiger partial charge is 0.353 e. The molecule has 0 saturated carbocycles. The number of pyridine rings is 1. The van der Waals surface area contributed by atoms with Crippen LogP contribution in [0.25, 0.3) is 0 Å². The summed E-state index contributed by atoms with van der Waals surface area (Å²) in [6.45, 7) is 1.50. The quantitative estimate of drug-likeness (QED) is 0.693. The highest BCUT2D eigenvalue weighted by molar-refractivity contribution is 7.89. The first-order chi connectivity index (χ1) is 14.6. The Morgan fingerprint density at radius 2 is 1.84 bits per heavy atom. The van der Waals surface area contributed by atoms with E-state index in [-0.39, 0.29) is 23.8 Å². The predicted octanol–water partition coefficient (Wildman–Crippen LogP) is 2.77. The van der Waals surface area contributed by atoms with Gasteiger partial charge in [0.05, 0.1) is 10.5 Å². The molecule has 0 aliphatic carbocycles. The summed E-state index contributed by atoms with van der Waals surface area (Å²) >= 11 is 5.81. The minimum atomic E-state index is -4.44. The lowest BCUT2D eigenvalue weighted by molar-refractivity contribution is -0.137. The monoisotopic (exact) mass is 476 g/mol. The van der Waals surface area contributed by atoms with E-state index in [1.54, 1.807) is 15.9 Å². The minimum Gasteiger partial charge on any atom is -0.353 e. The minimum absolute atomic E-state index is 0.0156. The number of carbonyl (C=O) groups excluding carboxylic acids is 1. The number of amides is 1. The maximum absolute atomic E-state index is 12.6. The van der Waals surface area contributed by atoms with Crippen molar-refractivity contribution < 1.29 is 26.4 Å². The number of hydrogen-bond donors (Lipinski definition) is 1. The van der Waals surface area contributed by atoms with Gasteiger partial charge in [0.15, 0.2) is 0 Å². The van der Waals surface area contributed by atoms with Gasteiger partial charge in [0.1, 0.15) is 5.82 Å². The molecule has 7 nitrogen and oxygen atoms in total. The van der Waals surface area contributed by atoms with Crippen molar-refractivity contribution in [2.45, 2.75) is 17.5 Å². The molecule has 1 aromatic heterocycles. The van der Waals surface area contributed by atoms with Gasteiger partial charge in [0.2, 0.25) is 15.9 Å². The molecule has 31 heavy (non-hydrogen) atoms. The molecule has 3 rings (SSSR count). The fraction of sp³-hybridized carbons (Fsp3) is 0.368. The van der Waals surface area contributed by atoms with Crippen LogP contribution in [0, 0.1) is 0 Å². The number of carbonyl (C=O) groups is 1. The highest BCUT2D eigenvalue weighted by Gasteiger charge is 2.31. The van der Waals surface area contributed by atoms with Gasteiger partial charge in [0.25, 0.3) is 0 Å². The Balaban J connectivity index is 1.47. The average molecular weight is 477 g/mol. The summed E-state index contributed by atoms with van der Waals surface area (Å²) in [7, 11) is -3.77. The second-order valence-corrected chi connectivity index (χ2v) is 9.08. The van der Waals surface area contributed by atoms with E-state index < -0.39 is 21.8 Å². The van der Waals surface area contributed by atoms with Crippen LogP contribution in [0.2, 0.25) is 5.02 Å². The first-order valence-corrected chi connectivity index (χ1v) is 11.2. The van der Waals surface area contributed by atoms with Gasteiger partial charge in [-0.15, -0.1) is 0 Å². The van der Waals surface area contributed by atoms with Crippen molar-refractivity contribution in [2.75, 3.05) is 37.6 Å². The van der Waals surface area contributed by atoms with Gasteiger partial charge in [-0.1, -0.05) is 17.7 Å². The molecule has 1 N–H and O–H groups in total. The van der Waals surface area contributed by atoms with Gasteiger partial charge in [-0.25, -0.2) is 18.1 Å². The van der Waals surface area contributed by atoms with Crippen LogP contribution >= 0.6 is 11.6 Å². The van der Waals surface area contributed by atoms with Crippen LogP contribution in [0.3, 0.4) is 0 Å². The van der Waals surface area contributed by atoms with Gasteiger partial charge in [0, 0.05) is 50.4 Å². The second-order valence-electron chi connectivity index (χ2n) is 6.88. The number of anilines is 1. The first kappa shape index (κ1) is 23.3. The zero-order valence-corrected chi connectivity index (χ0v) is 17.8. The number of nitrogens with zero attached hydrogens (tertiary/aromatic N) is 3. The van der Waals surface area contributed by atoms with Gasteiger partial charge >= 0.3 is 6.18 Å². The molecule has 0 bridgehead atoms. The third-order valence-corrected chi connectivity index (χ3v) is 6.46. The summed E-state index contributed by atoms with van der Waals surface area (Å²) in [5.41, 5.74) is -0.815. The highest BCUT2D eigenvalue weighted by atomic mass is 35.5. The van der Waals surface area contributed by atoms with Gasteiger partial charge in [-0.3, -0.25) is 4.79 Å². The molecule has 0 atom stereocenters. The third kappa shape index (κ3) is 6.08. The maximum atomic E-state index is 12.6. The maximum Gasteiger partial charge on any atom is 0.417 e. The SMILES string of the molecule is O=C(CCNS(=O)(=O)c1cccc(Cl)c1)N1CCN(c2ccc(C(F)(F)F)cn2)CC1. The van der Waals surface area contributed by atoms with Gasteiger partial charge in [-0.05, 0) is 30.3 Å². The zero-order chi connectivity index (χ0) is 22.6. The van der Waals surface area contributed by atoms with E-state index >= 15 is 0 Å². The summed E-state index contributed by atoms with van der Waals surface area (Å²) in [5, 5.41) is 0.291. The molecular weight excluding hydrogens is 457 g/mol. The van der Waals surface area contributed by atoms with Crippen molar-refractivity contribution in [3.05, 3.63) is 53.2 Å². The van der Waals surface area contributed by atoms with Crippen molar-refractivity contribution in [1.82, 2.24) is 14.6 Å². The fourth-order valence-electron chi connectivity index (χ4n) is 3.09. The number of rotatable bonds is 6. The topological polar surface area (TPSA) is 82.6 Å². The van der Waals surface area contributed by atoms with Crippen LogP contribution < -0.4 is 9.62 Å². The normalized spacial score (nSPS) is 15.2. The first-order valence-electron chi connectivity index (χ1n) is 9.37. The molecule has 1 aromatic carbocycles. The van der Waals surface area contributed by atoms with Crippen molar-refractivity contribution in [3.8, 4) is 0 Å². The van der Waals surface area contributed by atoms with Crippen molar-refractivity contribution >= 4 is 33.3 Å². The van der Waals surface area contributed by atoms with E-state index in [0.717, 1.165) is 12.3 Å². The number of piperazine rings is 1. The second kappa shape index (κ2) is 9.41. The van der Waals surface area contributed by atoms with Gasteiger partial charge < -0.3 is 9.80 Å². The van der Waals surface area contributed by atoms with Crippen LogP contribution in [0.15, 0.2) is 47.5 Å². The van der Waals surface area contributed by atoms with E-state index in [9.17, 15) is 26.4 Å². The molecule has 1 fully saturated rings. The van der Waals surface area contributed by atoms with E-state index in [1.807, 2.05) is 0 Å². The highest BCUT2D eigenvalue weighted by Crippen LogP contribution is 2.29. The van der Waals surface area contributed by atoms with Gasteiger partial charge in [-0.2, -0.15) is 13.2 Å². The molecule has 2 heterocycles. The molecule has 168 valence electrons. The van der Waals surface area contributed by atoms with Crippen LogP contribution in [0.4, 0.5) is 19.0 Å². The number of nitrogens with one attached hydrogen (secondary N) is 1. The molecular formula is C19H20ClF3N4O3S. The predicted molar refractivity (Wildman–Crippen MR) is 109 cm³/mol. The molecule has 1 aliphatic heterocycles. The van der Waals surface area contributed by atoms with Crippen molar-refractivity contribution in [3.63, 3.8) is 0 Å². The third-order valence-electron chi connectivity index (χ3n) is 4.77. The van der Waals surface area contributed by atoms with E-state index in [2.05, 4.69) is 9.71 Å².